The fourth-order valence-corrected chi connectivity index (χ4v) is 1.64. The number of amides is 1. The van der Waals surface area contributed by atoms with Gasteiger partial charge < -0.3 is 5.32 Å². The third-order valence-electron chi connectivity index (χ3n) is 2.39. The van der Waals surface area contributed by atoms with Crippen LogP contribution in [0, 0.1) is 15.9 Å². The number of nitrogens with one attached hydrogen (secondary N) is 1. The summed E-state index contributed by atoms with van der Waals surface area (Å²) in [5.74, 6) is -1.35. The van der Waals surface area contributed by atoms with Crippen LogP contribution >= 0.6 is 11.6 Å². The molecule has 1 aromatic carbocycles. The van der Waals surface area contributed by atoms with Gasteiger partial charge in [0.05, 0.1) is 16.7 Å². The number of hydrogen-bond donors (Lipinski definition) is 1. The molecule has 0 aliphatic carbocycles. The molecule has 2 aromatic rings. The largest absolute Gasteiger partial charge is 0.322 e. The van der Waals surface area contributed by atoms with Gasteiger partial charge in [0, 0.05) is 17.8 Å². The number of carbonyl (C=O) groups excluding carboxylic acids is 1. The van der Waals surface area contributed by atoms with Gasteiger partial charge in [-0.2, -0.15) is 0 Å². The van der Waals surface area contributed by atoms with Crippen molar-refractivity contribution in [2.45, 2.75) is 0 Å². The summed E-state index contributed by atoms with van der Waals surface area (Å²) in [5, 5.41) is 12.8. The van der Waals surface area contributed by atoms with Gasteiger partial charge in [-0.1, -0.05) is 11.6 Å². The van der Waals surface area contributed by atoms with Gasteiger partial charge in [-0.3, -0.25) is 14.9 Å². The Balaban J connectivity index is 2.19. The second-order valence-electron chi connectivity index (χ2n) is 3.75. The molecule has 1 N–H and O–H groups in total. The zero-order valence-corrected chi connectivity index (χ0v) is 10.6. The van der Waals surface area contributed by atoms with E-state index in [4.69, 9.17) is 11.6 Å². The van der Waals surface area contributed by atoms with Crippen molar-refractivity contribution in [2.24, 2.45) is 0 Å². The number of benzene rings is 1. The van der Waals surface area contributed by atoms with Gasteiger partial charge >= 0.3 is 0 Å². The van der Waals surface area contributed by atoms with Crippen molar-refractivity contribution >= 4 is 28.9 Å². The van der Waals surface area contributed by atoms with Crippen LogP contribution in [0.4, 0.5) is 15.8 Å². The monoisotopic (exact) mass is 295 g/mol. The maximum absolute atomic E-state index is 13.0. The Bertz CT molecular complexity index is 676. The van der Waals surface area contributed by atoms with Gasteiger partial charge in [-0.25, -0.2) is 9.37 Å². The summed E-state index contributed by atoms with van der Waals surface area (Å²) in [6.45, 7) is 0. The first-order chi connectivity index (χ1) is 9.47. The van der Waals surface area contributed by atoms with Crippen LogP contribution in [0.5, 0.6) is 0 Å². The van der Waals surface area contributed by atoms with Crippen molar-refractivity contribution in [3.05, 3.63) is 63.2 Å². The van der Waals surface area contributed by atoms with E-state index in [0.29, 0.717) is 5.69 Å². The molecule has 0 atom stereocenters. The highest BCUT2D eigenvalue weighted by Crippen LogP contribution is 2.18. The molecule has 0 fully saturated rings. The number of hydrogen-bond acceptors (Lipinski definition) is 4. The number of halogens is 2. The maximum atomic E-state index is 13.0. The Morgan fingerprint density at radius 3 is 2.60 bits per heavy atom. The lowest BCUT2D eigenvalue weighted by molar-refractivity contribution is -0.384. The van der Waals surface area contributed by atoms with Crippen LogP contribution in [-0.4, -0.2) is 15.8 Å². The van der Waals surface area contributed by atoms with Gasteiger partial charge in [-0.15, -0.1) is 0 Å². The zero-order chi connectivity index (χ0) is 14.7. The van der Waals surface area contributed by atoms with Crippen molar-refractivity contribution in [2.75, 3.05) is 5.32 Å². The second-order valence-corrected chi connectivity index (χ2v) is 4.11. The molecule has 1 aromatic heterocycles. The number of pyridine rings is 1. The van der Waals surface area contributed by atoms with Crippen molar-refractivity contribution in [3.63, 3.8) is 0 Å². The lowest BCUT2D eigenvalue weighted by atomic mass is 10.2. The summed E-state index contributed by atoms with van der Waals surface area (Å²) in [7, 11) is 0. The molecule has 2 rings (SSSR count). The predicted molar refractivity (Wildman–Crippen MR) is 70.3 cm³/mol. The molecule has 6 nitrogen and oxygen atoms in total. The number of carbonyl (C=O) groups is 1. The molecule has 0 aliphatic heterocycles. The minimum atomic E-state index is -0.691. The minimum Gasteiger partial charge on any atom is -0.322 e. The minimum absolute atomic E-state index is 0.103. The van der Waals surface area contributed by atoms with E-state index in [2.05, 4.69) is 10.3 Å². The van der Waals surface area contributed by atoms with E-state index in [1.807, 2.05) is 0 Å². The van der Waals surface area contributed by atoms with E-state index in [1.165, 1.54) is 24.3 Å². The Hall–Kier alpha value is -2.54. The van der Waals surface area contributed by atoms with Crippen LogP contribution < -0.4 is 5.32 Å². The first kappa shape index (κ1) is 13.9. The number of anilines is 1. The van der Waals surface area contributed by atoms with Crippen molar-refractivity contribution in [3.8, 4) is 0 Å². The normalized spacial score (nSPS) is 10.1. The highest BCUT2D eigenvalue weighted by Gasteiger charge is 2.13. The van der Waals surface area contributed by atoms with E-state index in [0.717, 1.165) is 12.3 Å². The van der Waals surface area contributed by atoms with Crippen LogP contribution in [0.15, 0.2) is 36.5 Å². The molecule has 0 saturated heterocycles. The third kappa shape index (κ3) is 3.07. The third-order valence-corrected chi connectivity index (χ3v) is 2.69. The average Bonchev–Trinajstić information content (AvgIpc) is 2.42. The Labute approximate surface area is 117 Å². The van der Waals surface area contributed by atoms with Gasteiger partial charge in [-0.05, 0) is 18.2 Å². The smallest absolute Gasteiger partial charge is 0.269 e. The van der Waals surface area contributed by atoms with E-state index >= 15 is 0 Å². The Morgan fingerprint density at radius 1 is 1.35 bits per heavy atom. The number of nitro groups is 1. The van der Waals surface area contributed by atoms with E-state index in [-0.39, 0.29) is 16.4 Å². The molecular weight excluding hydrogens is 289 g/mol. The lowest BCUT2D eigenvalue weighted by Crippen LogP contribution is -2.13. The maximum Gasteiger partial charge on any atom is 0.269 e. The summed E-state index contributed by atoms with van der Waals surface area (Å²) in [6.07, 6.45) is 0.894. The summed E-state index contributed by atoms with van der Waals surface area (Å²) < 4.78 is 13.0. The summed E-state index contributed by atoms with van der Waals surface area (Å²) in [6, 6.07) is 6.14. The number of nitro benzene ring substituents is 1. The van der Waals surface area contributed by atoms with E-state index in [9.17, 15) is 19.3 Å². The zero-order valence-electron chi connectivity index (χ0n) is 9.84. The summed E-state index contributed by atoms with van der Waals surface area (Å²) in [4.78, 5) is 25.3. The molecule has 1 amide bonds. The van der Waals surface area contributed by atoms with Crippen molar-refractivity contribution in [1.29, 1.82) is 0 Å². The molecule has 102 valence electrons. The highest BCUT2D eigenvalue weighted by molar-refractivity contribution is 6.33. The van der Waals surface area contributed by atoms with Crippen LogP contribution in [0.3, 0.4) is 0 Å². The van der Waals surface area contributed by atoms with Crippen LogP contribution in [0.2, 0.25) is 5.15 Å². The van der Waals surface area contributed by atoms with Gasteiger partial charge in [0.15, 0.2) is 0 Å². The number of non-ortho nitro benzene ring substituents is 1. The fourth-order valence-electron chi connectivity index (χ4n) is 1.45. The Kier molecular flexibility index (Phi) is 3.90. The fraction of sp³-hybridized carbons (Fsp3) is 0. The first-order valence-electron chi connectivity index (χ1n) is 5.34. The molecule has 0 saturated carbocycles. The van der Waals surface area contributed by atoms with Crippen molar-refractivity contribution in [1.82, 2.24) is 4.98 Å². The molecular formula is C12H7ClFN3O3. The first-order valence-corrected chi connectivity index (χ1v) is 5.72. The Morgan fingerprint density at radius 2 is 2.00 bits per heavy atom. The molecule has 0 bridgehead atoms. The number of rotatable bonds is 3. The predicted octanol–water partition coefficient (Wildman–Crippen LogP) is 3.03. The van der Waals surface area contributed by atoms with E-state index < -0.39 is 16.6 Å². The molecule has 8 heteroatoms. The lowest BCUT2D eigenvalue weighted by Gasteiger charge is -2.06. The SMILES string of the molecule is O=C(Nc1ccc([N+](=O)[O-])cc1)c1cc(F)cnc1Cl. The van der Waals surface area contributed by atoms with Gasteiger partial charge in [0.2, 0.25) is 0 Å². The van der Waals surface area contributed by atoms with Crippen LogP contribution in [0.1, 0.15) is 10.4 Å². The molecule has 0 spiro atoms. The van der Waals surface area contributed by atoms with Crippen LogP contribution in [0.25, 0.3) is 0 Å². The average molecular weight is 296 g/mol. The molecule has 1 heterocycles. The highest BCUT2D eigenvalue weighted by atomic mass is 35.5. The van der Waals surface area contributed by atoms with Gasteiger partial charge in [0.25, 0.3) is 11.6 Å². The molecule has 0 unspecified atom stereocenters. The number of nitrogens with zero attached hydrogens (tertiary/aromatic N) is 2. The molecule has 0 aliphatic rings. The quantitative estimate of drug-likeness (QED) is 0.536. The van der Waals surface area contributed by atoms with E-state index in [1.54, 1.807) is 0 Å². The second kappa shape index (κ2) is 5.62. The summed E-state index contributed by atoms with van der Waals surface area (Å²) >= 11 is 5.70. The molecule has 0 radical (unpaired) electrons. The number of aromatic nitrogens is 1. The van der Waals surface area contributed by atoms with Crippen LogP contribution in [-0.2, 0) is 0 Å². The molecule has 20 heavy (non-hydrogen) atoms. The topological polar surface area (TPSA) is 85.1 Å². The van der Waals surface area contributed by atoms with Crippen molar-refractivity contribution < 1.29 is 14.1 Å². The summed E-state index contributed by atoms with van der Waals surface area (Å²) in [5.41, 5.74) is 0.0967. The van der Waals surface area contributed by atoms with Gasteiger partial charge in [0.1, 0.15) is 11.0 Å². The standard InChI is InChI=1S/C12H7ClFN3O3/c13-11-10(5-7(14)6-15-11)12(18)16-8-1-3-9(4-2-8)17(19)20/h1-6H,(H,16,18).